The zero-order chi connectivity index (χ0) is 22.8. The summed E-state index contributed by atoms with van der Waals surface area (Å²) in [6.07, 6.45) is 0. The van der Waals surface area contributed by atoms with Gasteiger partial charge in [0, 0.05) is 25.3 Å². The summed E-state index contributed by atoms with van der Waals surface area (Å²) in [5.74, 6) is 0.0157. The number of aromatic nitrogens is 2. The molecule has 0 saturated carbocycles. The fraction of sp³-hybridized carbons (Fsp3) is 0.250. The van der Waals surface area contributed by atoms with Gasteiger partial charge in [-0.15, -0.1) is 10.2 Å². The molecule has 2 aromatic carbocycles. The van der Waals surface area contributed by atoms with Crippen molar-refractivity contribution in [3.8, 4) is 11.5 Å². The third kappa shape index (κ3) is 5.45. The van der Waals surface area contributed by atoms with Crippen LogP contribution in [0, 0.1) is 6.92 Å². The molecule has 0 spiro atoms. The van der Waals surface area contributed by atoms with Gasteiger partial charge >= 0.3 is 0 Å². The Balaban J connectivity index is 1.70. The first-order valence-corrected chi connectivity index (χ1v) is 11.9. The third-order valence-corrected chi connectivity index (χ3v) is 7.54. The van der Waals surface area contributed by atoms with Gasteiger partial charge in [0.25, 0.3) is 5.22 Å². The van der Waals surface area contributed by atoms with Crippen LogP contribution in [0.5, 0.6) is 0 Å². The lowest BCUT2D eigenvalue weighted by Gasteiger charge is -2.15. The standard InChI is InChI=1S/C20H21ClN4O4S2/c1-12-5-7-14(8-6-12)19-23-24-20(29-19)30-13(2)18(26)22-15-9-10-16(21)17(11-15)31(27,28)25(3)4/h5-11,13H,1-4H3,(H,22,26). The number of sulfonamides is 1. The third-order valence-electron chi connectivity index (χ3n) is 4.31. The zero-order valence-electron chi connectivity index (χ0n) is 17.3. The molecule has 0 radical (unpaired) electrons. The molecule has 11 heteroatoms. The molecule has 0 aliphatic carbocycles. The average Bonchev–Trinajstić information content (AvgIpc) is 3.18. The number of rotatable bonds is 7. The van der Waals surface area contributed by atoms with E-state index in [-0.39, 0.29) is 21.0 Å². The summed E-state index contributed by atoms with van der Waals surface area (Å²) in [4.78, 5) is 12.5. The first-order chi connectivity index (χ1) is 14.6. The molecule has 1 aromatic heterocycles. The lowest BCUT2D eigenvalue weighted by atomic mass is 10.1. The molecule has 1 unspecified atom stereocenters. The first-order valence-electron chi connectivity index (χ1n) is 9.18. The number of benzene rings is 2. The van der Waals surface area contributed by atoms with Gasteiger partial charge in [0.2, 0.25) is 21.8 Å². The van der Waals surface area contributed by atoms with Crippen LogP contribution in [0.1, 0.15) is 12.5 Å². The fourth-order valence-electron chi connectivity index (χ4n) is 2.49. The minimum absolute atomic E-state index is 0.0728. The van der Waals surface area contributed by atoms with Crippen molar-refractivity contribution in [2.75, 3.05) is 19.4 Å². The van der Waals surface area contributed by atoms with Gasteiger partial charge < -0.3 is 9.73 Å². The van der Waals surface area contributed by atoms with E-state index in [1.807, 2.05) is 31.2 Å². The summed E-state index contributed by atoms with van der Waals surface area (Å²) in [6.45, 7) is 3.67. The van der Waals surface area contributed by atoms with Gasteiger partial charge in [0.05, 0.1) is 10.3 Å². The summed E-state index contributed by atoms with van der Waals surface area (Å²) in [5, 5.41) is 10.5. The molecule has 8 nitrogen and oxygen atoms in total. The van der Waals surface area contributed by atoms with Crippen molar-refractivity contribution in [3.63, 3.8) is 0 Å². The molecule has 3 aromatic rings. The maximum absolute atomic E-state index is 12.6. The summed E-state index contributed by atoms with van der Waals surface area (Å²) < 4.78 is 31.5. The minimum atomic E-state index is -3.75. The van der Waals surface area contributed by atoms with E-state index in [0.29, 0.717) is 11.6 Å². The van der Waals surface area contributed by atoms with Crippen LogP contribution in [0.25, 0.3) is 11.5 Å². The smallest absolute Gasteiger partial charge is 0.277 e. The number of hydrogen-bond donors (Lipinski definition) is 1. The van der Waals surface area contributed by atoms with Gasteiger partial charge in [-0.05, 0) is 44.2 Å². The lowest BCUT2D eigenvalue weighted by molar-refractivity contribution is -0.115. The first kappa shape index (κ1) is 23.3. The highest BCUT2D eigenvalue weighted by molar-refractivity contribution is 8.00. The Bertz CT molecular complexity index is 1190. The molecule has 1 amide bonds. The molecule has 0 fully saturated rings. The summed E-state index contributed by atoms with van der Waals surface area (Å²) in [7, 11) is -0.934. The van der Waals surface area contributed by atoms with E-state index in [4.69, 9.17) is 16.0 Å². The van der Waals surface area contributed by atoms with Gasteiger partial charge in [0.1, 0.15) is 4.90 Å². The van der Waals surface area contributed by atoms with Gasteiger partial charge in [0.15, 0.2) is 0 Å². The monoisotopic (exact) mass is 480 g/mol. The largest absolute Gasteiger partial charge is 0.411 e. The van der Waals surface area contributed by atoms with Crippen molar-refractivity contribution in [2.45, 2.75) is 29.2 Å². The molecule has 31 heavy (non-hydrogen) atoms. The average molecular weight is 481 g/mol. The van der Waals surface area contributed by atoms with E-state index in [2.05, 4.69) is 15.5 Å². The topological polar surface area (TPSA) is 105 Å². The Kier molecular flexibility index (Phi) is 7.05. The van der Waals surface area contributed by atoms with Crippen molar-refractivity contribution >= 4 is 45.0 Å². The van der Waals surface area contributed by atoms with Crippen LogP contribution >= 0.6 is 23.4 Å². The second-order valence-corrected chi connectivity index (χ2v) is 10.7. The number of nitrogens with zero attached hydrogens (tertiary/aromatic N) is 3. The predicted octanol–water partition coefficient (Wildman–Crippen LogP) is 4.07. The van der Waals surface area contributed by atoms with Crippen molar-refractivity contribution in [1.29, 1.82) is 0 Å². The van der Waals surface area contributed by atoms with E-state index in [1.54, 1.807) is 6.92 Å². The van der Waals surface area contributed by atoms with Crippen molar-refractivity contribution in [2.24, 2.45) is 0 Å². The molecule has 0 bridgehead atoms. The molecule has 0 aliphatic heterocycles. The second kappa shape index (κ2) is 9.39. The van der Waals surface area contributed by atoms with Crippen LogP contribution in [-0.4, -0.2) is 48.2 Å². The van der Waals surface area contributed by atoms with E-state index < -0.39 is 15.3 Å². The normalized spacial score (nSPS) is 12.7. The quantitative estimate of drug-likeness (QED) is 0.508. The molecular formula is C20H21ClN4O4S2. The summed E-state index contributed by atoms with van der Waals surface area (Å²) >= 11 is 7.14. The highest BCUT2D eigenvalue weighted by Crippen LogP contribution is 2.29. The Morgan fingerprint density at radius 2 is 1.84 bits per heavy atom. The molecule has 3 rings (SSSR count). The maximum atomic E-state index is 12.6. The SMILES string of the molecule is Cc1ccc(-c2nnc(SC(C)C(=O)Nc3ccc(Cl)c(S(=O)(=O)N(C)C)c3)o2)cc1. The number of aryl methyl sites for hydroxylation is 1. The molecular weight excluding hydrogens is 460 g/mol. The molecule has 0 saturated heterocycles. The Morgan fingerprint density at radius 3 is 2.48 bits per heavy atom. The van der Waals surface area contributed by atoms with Crippen molar-refractivity contribution in [1.82, 2.24) is 14.5 Å². The second-order valence-electron chi connectivity index (χ2n) is 6.92. The highest BCUT2D eigenvalue weighted by Gasteiger charge is 2.23. The molecule has 1 heterocycles. The van der Waals surface area contributed by atoms with E-state index in [9.17, 15) is 13.2 Å². The van der Waals surface area contributed by atoms with Crippen LogP contribution in [0.4, 0.5) is 5.69 Å². The van der Waals surface area contributed by atoms with Crippen LogP contribution < -0.4 is 5.32 Å². The predicted molar refractivity (Wildman–Crippen MR) is 121 cm³/mol. The molecule has 1 atom stereocenters. The van der Waals surface area contributed by atoms with Crippen LogP contribution in [0.15, 0.2) is 57.0 Å². The maximum Gasteiger partial charge on any atom is 0.277 e. The molecule has 164 valence electrons. The summed E-state index contributed by atoms with van der Waals surface area (Å²) in [6, 6.07) is 11.9. The van der Waals surface area contributed by atoms with Crippen LogP contribution in [-0.2, 0) is 14.8 Å². The van der Waals surface area contributed by atoms with E-state index in [0.717, 1.165) is 27.2 Å². The van der Waals surface area contributed by atoms with Gasteiger partial charge in [-0.2, -0.15) is 0 Å². The van der Waals surface area contributed by atoms with Crippen molar-refractivity contribution in [3.05, 3.63) is 53.1 Å². The Hall–Kier alpha value is -2.40. The van der Waals surface area contributed by atoms with E-state index >= 15 is 0 Å². The zero-order valence-corrected chi connectivity index (χ0v) is 19.7. The molecule has 0 aliphatic rings. The number of halogens is 1. The number of hydrogen-bond acceptors (Lipinski definition) is 7. The number of anilines is 1. The fourth-order valence-corrected chi connectivity index (χ4v) is 4.57. The number of nitrogens with one attached hydrogen (secondary N) is 1. The van der Waals surface area contributed by atoms with Crippen LogP contribution in [0.3, 0.4) is 0 Å². The van der Waals surface area contributed by atoms with Gasteiger partial charge in [-0.1, -0.05) is 41.1 Å². The van der Waals surface area contributed by atoms with E-state index in [1.165, 1.54) is 32.3 Å². The molecule has 1 N–H and O–H groups in total. The Morgan fingerprint density at radius 1 is 1.16 bits per heavy atom. The van der Waals surface area contributed by atoms with Gasteiger partial charge in [-0.25, -0.2) is 12.7 Å². The summed E-state index contributed by atoms with van der Waals surface area (Å²) in [5.41, 5.74) is 2.22. The highest BCUT2D eigenvalue weighted by atomic mass is 35.5. The van der Waals surface area contributed by atoms with Crippen LogP contribution in [0.2, 0.25) is 5.02 Å². The number of amides is 1. The van der Waals surface area contributed by atoms with Crippen molar-refractivity contribution < 1.29 is 17.6 Å². The Labute approximate surface area is 190 Å². The number of thioether (sulfide) groups is 1. The lowest BCUT2D eigenvalue weighted by Crippen LogP contribution is -2.24. The minimum Gasteiger partial charge on any atom is -0.411 e. The number of carbonyl (C=O) groups is 1. The van der Waals surface area contributed by atoms with Gasteiger partial charge in [-0.3, -0.25) is 4.79 Å². The number of carbonyl (C=O) groups excluding carboxylic acids is 1.